The maximum atomic E-state index is 11.4. The summed E-state index contributed by atoms with van der Waals surface area (Å²) in [7, 11) is 1.50. The maximum absolute atomic E-state index is 11.4. The summed E-state index contributed by atoms with van der Waals surface area (Å²) in [6.45, 7) is -0.113. The van der Waals surface area contributed by atoms with Crippen LogP contribution in [-0.2, 0) is 4.79 Å². The third-order valence-corrected chi connectivity index (χ3v) is 2.24. The van der Waals surface area contributed by atoms with E-state index in [-0.39, 0.29) is 18.4 Å². The molecule has 0 atom stereocenters. The molecular weight excluding hydrogens is 230 g/mol. The van der Waals surface area contributed by atoms with Gasteiger partial charge in [-0.2, -0.15) is 0 Å². The summed E-state index contributed by atoms with van der Waals surface area (Å²) < 4.78 is 0. The van der Waals surface area contributed by atoms with Crippen LogP contribution in [0.15, 0.2) is 18.2 Å². The lowest BCUT2D eigenvalue weighted by atomic mass is 10.2. The van der Waals surface area contributed by atoms with Gasteiger partial charge in [-0.05, 0) is 18.2 Å². The highest BCUT2D eigenvalue weighted by Gasteiger charge is 2.10. The Morgan fingerprint density at radius 1 is 1.44 bits per heavy atom. The van der Waals surface area contributed by atoms with Crippen molar-refractivity contribution in [3.8, 4) is 0 Å². The minimum Gasteiger partial charge on any atom is -0.355 e. The molecule has 1 aromatic rings. The van der Waals surface area contributed by atoms with Crippen LogP contribution < -0.4 is 16.4 Å². The summed E-state index contributed by atoms with van der Waals surface area (Å²) in [5.74, 6) is -0.640. The van der Waals surface area contributed by atoms with Gasteiger partial charge in [0.15, 0.2) is 0 Å². The quantitative estimate of drug-likeness (QED) is 0.725. The van der Waals surface area contributed by atoms with E-state index < -0.39 is 0 Å². The predicted molar refractivity (Wildman–Crippen MR) is 62.5 cm³/mol. The molecule has 0 heterocycles. The highest BCUT2D eigenvalue weighted by atomic mass is 35.5. The Kier molecular flexibility index (Phi) is 4.28. The number of benzene rings is 1. The Balaban J connectivity index is 2.98. The van der Waals surface area contributed by atoms with Gasteiger partial charge in [-0.25, -0.2) is 0 Å². The van der Waals surface area contributed by atoms with Crippen LogP contribution in [0.1, 0.15) is 10.4 Å². The van der Waals surface area contributed by atoms with Gasteiger partial charge in [-0.1, -0.05) is 11.6 Å². The zero-order valence-corrected chi connectivity index (χ0v) is 9.47. The van der Waals surface area contributed by atoms with Crippen molar-refractivity contribution in [3.05, 3.63) is 28.8 Å². The van der Waals surface area contributed by atoms with Gasteiger partial charge in [-0.15, -0.1) is 0 Å². The lowest BCUT2D eigenvalue weighted by Gasteiger charge is -2.07. The van der Waals surface area contributed by atoms with Crippen molar-refractivity contribution in [3.63, 3.8) is 0 Å². The molecule has 1 aromatic carbocycles. The molecule has 0 radical (unpaired) electrons. The van der Waals surface area contributed by atoms with E-state index in [0.717, 1.165) is 0 Å². The molecule has 0 aromatic heterocycles. The van der Waals surface area contributed by atoms with Crippen LogP contribution in [-0.4, -0.2) is 25.4 Å². The number of nitrogens with two attached hydrogens (primary N) is 1. The number of carbonyl (C=O) groups excluding carboxylic acids is 2. The summed E-state index contributed by atoms with van der Waals surface area (Å²) in [6.07, 6.45) is 0. The van der Waals surface area contributed by atoms with Crippen molar-refractivity contribution in [2.24, 2.45) is 5.73 Å². The van der Waals surface area contributed by atoms with Crippen molar-refractivity contribution in [1.29, 1.82) is 0 Å². The summed E-state index contributed by atoms with van der Waals surface area (Å²) in [6, 6.07) is 4.63. The fraction of sp³-hybridized carbons (Fsp3) is 0.200. The number of halogens is 1. The Hall–Kier alpha value is -1.59. The highest BCUT2D eigenvalue weighted by molar-refractivity contribution is 6.34. The normalized spacial score (nSPS) is 9.69. The number of carbonyl (C=O) groups is 2. The Bertz CT molecular complexity index is 421. The number of hydrogen-bond acceptors (Lipinski definition) is 3. The van der Waals surface area contributed by atoms with Gasteiger partial charge in [0.1, 0.15) is 0 Å². The van der Waals surface area contributed by atoms with Crippen molar-refractivity contribution in [2.75, 3.05) is 18.9 Å². The second-order valence-corrected chi connectivity index (χ2v) is 3.43. The van der Waals surface area contributed by atoms with Crippen LogP contribution in [0.2, 0.25) is 5.02 Å². The third kappa shape index (κ3) is 2.95. The van der Waals surface area contributed by atoms with Crippen LogP contribution in [0.5, 0.6) is 0 Å². The maximum Gasteiger partial charge on any atom is 0.252 e. The Morgan fingerprint density at radius 3 is 2.69 bits per heavy atom. The van der Waals surface area contributed by atoms with E-state index in [1.807, 2.05) is 0 Å². The van der Waals surface area contributed by atoms with Gasteiger partial charge in [0.05, 0.1) is 17.1 Å². The number of hydrogen-bond donors (Lipinski definition) is 3. The number of anilines is 1. The van der Waals surface area contributed by atoms with E-state index in [1.165, 1.54) is 19.2 Å². The first-order valence-electron chi connectivity index (χ1n) is 4.60. The molecule has 0 bridgehead atoms. The van der Waals surface area contributed by atoms with Crippen LogP contribution in [0, 0.1) is 0 Å². The summed E-state index contributed by atoms with van der Waals surface area (Å²) >= 11 is 5.84. The van der Waals surface area contributed by atoms with E-state index in [9.17, 15) is 9.59 Å². The van der Waals surface area contributed by atoms with Gasteiger partial charge in [0.2, 0.25) is 5.91 Å². The van der Waals surface area contributed by atoms with Crippen LogP contribution in [0.4, 0.5) is 5.69 Å². The zero-order valence-electron chi connectivity index (χ0n) is 8.71. The fourth-order valence-corrected chi connectivity index (χ4v) is 1.33. The molecule has 1 rings (SSSR count). The van der Waals surface area contributed by atoms with Gasteiger partial charge >= 0.3 is 0 Å². The molecule has 0 aliphatic carbocycles. The average Bonchev–Trinajstić information content (AvgIpc) is 2.30. The topological polar surface area (TPSA) is 84.2 Å². The minimum atomic E-state index is -0.329. The second kappa shape index (κ2) is 5.48. The molecule has 0 spiro atoms. The van der Waals surface area contributed by atoms with E-state index in [1.54, 1.807) is 6.07 Å². The molecule has 0 saturated carbocycles. The molecule has 0 fully saturated rings. The van der Waals surface area contributed by atoms with Gasteiger partial charge in [-0.3, -0.25) is 9.59 Å². The number of nitrogens with one attached hydrogen (secondary N) is 2. The fourth-order valence-electron chi connectivity index (χ4n) is 1.12. The van der Waals surface area contributed by atoms with Crippen molar-refractivity contribution >= 4 is 29.1 Å². The molecule has 86 valence electrons. The SMILES string of the molecule is CNC(=O)c1cc(NC(=O)CN)ccc1Cl. The first-order valence-corrected chi connectivity index (χ1v) is 4.98. The minimum absolute atomic E-state index is 0.113. The molecular formula is C10H12ClN3O2. The van der Waals surface area contributed by atoms with Crippen LogP contribution >= 0.6 is 11.6 Å². The van der Waals surface area contributed by atoms with E-state index >= 15 is 0 Å². The molecule has 0 aliphatic heterocycles. The lowest BCUT2D eigenvalue weighted by molar-refractivity contribution is -0.114. The van der Waals surface area contributed by atoms with E-state index in [4.69, 9.17) is 17.3 Å². The van der Waals surface area contributed by atoms with Gasteiger partial charge < -0.3 is 16.4 Å². The first kappa shape index (κ1) is 12.5. The largest absolute Gasteiger partial charge is 0.355 e. The standard InChI is InChI=1S/C10H12ClN3O2/c1-13-10(16)7-4-6(2-3-8(7)11)14-9(15)5-12/h2-4H,5,12H2,1H3,(H,13,16)(H,14,15). The molecule has 5 nitrogen and oxygen atoms in total. The van der Waals surface area contributed by atoms with Crippen LogP contribution in [0.25, 0.3) is 0 Å². The molecule has 0 unspecified atom stereocenters. The van der Waals surface area contributed by atoms with Crippen molar-refractivity contribution < 1.29 is 9.59 Å². The van der Waals surface area contributed by atoms with E-state index in [0.29, 0.717) is 16.3 Å². The second-order valence-electron chi connectivity index (χ2n) is 3.03. The highest BCUT2D eigenvalue weighted by Crippen LogP contribution is 2.20. The van der Waals surface area contributed by atoms with Crippen molar-refractivity contribution in [1.82, 2.24) is 5.32 Å². The zero-order chi connectivity index (χ0) is 12.1. The summed E-state index contributed by atoms with van der Waals surface area (Å²) in [5.41, 5.74) is 5.95. The summed E-state index contributed by atoms with van der Waals surface area (Å²) in [5, 5.41) is 5.32. The predicted octanol–water partition coefficient (Wildman–Crippen LogP) is 0.597. The first-order chi connectivity index (χ1) is 7.58. The lowest BCUT2D eigenvalue weighted by Crippen LogP contribution is -2.22. The summed E-state index contributed by atoms with van der Waals surface area (Å²) in [4.78, 5) is 22.5. The van der Waals surface area contributed by atoms with Crippen molar-refractivity contribution in [2.45, 2.75) is 0 Å². The Morgan fingerprint density at radius 2 is 2.12 bits per heavy atom. The number of rotatable bonds is 3. The van der Waals surface area contributed by atoms with Gasteiger partial charge in [0.25, 0.3) is 5.91 Å². The van der Waals surface area contributed by atoms with E-state index in [2.05, 4.69) is 10.6 Å². The molecule has 2 amide bonds. The smallest absolute Gasteiger partial charge is 0.252 e. The molecule has 4 N–H and O–H groups in total. The molecule has 6 heteroatoms. The third-order valence-electron chi connectivity index (χ3n) is 1.91. The average molecular weight is 242 g/mol. The molecule has 0 aliphatic rings. The molecule has 0 saturated heterocycles. The number of amides is 2. The Labute approximate surface area is 98.0 Å². The monoisotopic (exact) mass is 241 g/mol. The van der Waals surface area contributed by atoms with Gasteiger partial charge in [0, 0.05) is 12.7 Å². The molecule has 16 heavy (non-hydrogen) atoms. The van der Waals surface area contributed by atoms with Crippen LogP contribution in [0.3, 0.4) is 0 Å².